The Balaban J connectivity index is 1.44. The number of nitrogens with zero attached hydrogens (tertiary/aromatic N) is 3. The summed E-state index contributed by atoms with van der Waals surface area (Å²) in [6, 6.07) is 22.1. The molecule has 0 fully saturated rings. The molecule has 0 aliphatic rings. The Labute approximate surface area is 204 Å². The first kappa shape index (κ1) is 23.5. The van der Waals surface area contributed by atoms with Gasteiger partial charge in [0.05, 0.1) is 5.75 Å². The maximum Gasteiger partial charge on any atom is 0.269 e. The fourth-order valence-electron chi connectivity index (χ4n) is 3.10. The van der Waals surface area contributed by atoms with Crippen molar-refractivity contribution < 1.29 is 14.0 Å². The van der Waals surface area contributed by atoms with Crippen LogP contribution in [0, 0.1) is 5.82 Å². The van der Waals surface area contributed by atoms with Gasteiger partial charge < -0.3 is 0 Å². The van der Waals surface area contributed by atoms with Crippen LogP contribution in [0.2, 0.25) is 5.02 Å². The number of rotatable bonds is 7. The number of halogens is 2. The first-order valence-corrected chi connectivity index (χ1v) is 11.6. The molecule has 2 N–H and O–H groups in total. The quantitative estimate of drug-likeness (QED) is 0.296. The van der Waals surface area contributed by atoms with Gasteiger partial charge in [-0.15, -0.1) is 10.2 Å². The van der Waals surface area contributed by atoms with E-state index >= 15 is 0 Å². The highest BCUT2D eigenvalue weighted by molar-refractivity contribution is 7.99. The fraction of sp³-hybridized carbons (Fsp3) is 0.0833. The van der Waals surface area contributed by atoms with E-state index in [1.54, 1.807) is 12.1 Å². The lowest BCUT2D eigenvalue weighted by molar-refractivity contribution is -0.119. The van der Waals surface area contributed by atoms with E-state index in [9.17, 15) is 14.0 Å². The Hall–Kier alpha value is -3.69. The molecule has 0 unspecified atom stereocenters. The molecule has 0 aliphatic heterocycles. The summed E-state index contributed by atoms with van der Waals surface area (Å²) in [6.45, 7) is 0. The van der Waals surface area contributed by atoms with Gasteiger partial charge in [0, 0.05) is 22.7 Å². The predicted octanol–water partition coefficient (Wildman–Crippen LogP) is 4.20. The molecule has 172 valence electrons. The molecule has 10 heteroatoms. The number of hydrazine groups is 1. The lowest BCUT2D eigenvalue weighted by Crippen LogP contribution is -2.42. The van der Waals surface area contributed by atoms with Gasteiger partial charge in [0.15, 0.2) is 5.16 Å². The number of amides is 2. The number of benzene rings is 3. The third-order valence-electron chi connectivity index (χ3n) is 4.74. The average Bonchev–Trinajstić information content (AvgIpc) is 3.25. The van der Waals surface area contributed by atoms with Gasteiger partial charge in [0.2, 0.25) is 5.91 Å². The van der Waals surface area contributed by atoms with Crippen molar-refractivity contribution in [3.8, 4) is 5.69 Å². The van der Waals surface area contributed by atoms with E-state index in [1.165, 1.54) is 36.0 Å². The largest absolute Gasteiger partial charge is 0.274 e. The molecule has 4 rings (SSSR count). The zero-order valence-electron chi connectivity index (χ0n) is 17.7. The van der Waals surface area contributed by atoms with Crippen molar-refractivity contribution in [3.63, 3.8) is 0 Å². The molecule has 1 heterocycles. The maximum absolute atomic E-state index is 13.0. The molecule has 0 atom stereocenters. The monoisotopic (exact) mass is 495 g/mol. The lowest BCUT2D eigenvalue weighted by Gasteiger charge is -2.11. The van der Waals surface area contributed by atoms with Gasteiger partial charge in [-0.2, -0.15) is 0 Å². The molecule has 7 nitrogen and oxygen atoms in total. The van der Waals surface area contributed by atoms with Crippen LogP contribution < -0.4 is 10.9 Å². The second-order valence-electron chi connectivity index (χ2n) is 7.17. The first-order chi connectivity index (χ1) is 16.5. The Kier molecular flexibility index (Phi) is 7.56. The van der Waals surface area contributed by atoms with Crippen molar-refractivity contribution in [2.75, 3.05) is 5.75 Å². The van der Waals surface area contributed by atoms with Gasteiger partial charge in [-0.25, -0.2) is 4.39 Å². The van der Waals surface area contributed by atoms with Crippen LogP contribution >= 0.6 is 23.4 Å². The van der Waals surface area contributed by atoms with Crippen LogP contribution in [-0.4, -0.2) is 32.3 Å². The number of hydrogen-bond donors (Lipinski definition) is 2. The van der Waals surface area contributed by atoms with Crippen LogP contribution in [0.1, 0.15) is 21.7 Å². The molecule has 1 aromatic heterocycles. The highest BCUT2D eigenvalue weighted by Crippen LogP contribution is 2.24. The smallest absolute Gasteiger partial charge is 0.269 e. The Morgan fingerprint density at radius 1 is 0.912 bits per heavy atom. The normalized spacial score (nSPS) is 10.6. The van der Waals surface area contributed by atoms with Crippen molar-refractivity contribution in [1.82, 2.24) is 25.6 Å². The van der Waals surface area contributed by atoms with E-state index < -0.39 is 17.6 Å². The third-order valence-corrected chi connectivity index (χ3v) is 5.93. The number of aromatic nitrogens is 3. The molecule has 3 aromatic carbocycles. The Bertz CT molecular complexity index is 1280. The molecule has 0 radical (unpaired) electrons. The third kappa shape index (κ3) is 6.00. The van der Waals surface area contributed by atoms with Gasteiger partial charge in [-0.05, 0) is 54.1 Å². The minimum absolute atomic E-state index is 0.0131. The van der Waals surface area contributed by atoms with Gasteiger partial charge >= 0.3 is 0 Å². The van der Waals surface area contributed by atoms with Crippen LogP contribution in [0.3, 0.4) is 0 Å². The number of nitrogens with one attached hydrogen (secondary N) is 2. The first-order valence-electron chi connectivity index (χ1n) is 10.2. The zero-order valence-corrected chi connectivity index (χ0v) is 19.3. The van der Waals surface area contributed by atoms with E-state index in [4.69, 9.17) is 11.6 Å². The van der Waals surface area contributed by atoms with Crippen LogP contribution in [-0.2, 0) is 11.2 Å². The van der Waals surface area contributed by atoms with Gasteiger partial charge in [0.1, 0.15) is 11.6 Å². The summed E-state index contributed by atoms with van der Waals surface area (Å²) < 4.78 is 14.9. The van der Waals surface area contributed by atoms with E-state index in [2.05, 4.69) is 21.0 Å². The van der Waals surface area contributed by atoms with Gasteiger partial charge in [0.25, 0.3) is 5.91 Å². The lowest BCUT2D eigenvalue weighted by atomic mass is 10.1. The standard InChI is InChI=1S/C24H19ClFN5O2S/c25-18-8-12-20(13-9-18)31-21(14-16-4-2-1-3-5-16)27-30-24(31)34-15-22(32)28-29-23(33)17-6-10-19(26)11-7-17/h1-13H,14-15H2,(H,28,32)(H,29,33). The van der Waals surface area contributed by atoms with Crippen LogP contribution in [0.25, 0.3) is 5.69 Å². The summed E-state index contributed by atoms with van der Waals surface area (Å²) in [4.78, 5) is 24.4. The molecule has 2 amide bonds. The molecule has 4 aromatic rings. The summed E-state index contributed by atoms with van der Waals surface area (Å²) >= 11 is 7.22. The molecular weight excluding hydrogens is 477 g/mol. The van der Waals surface area contributed by atoms with E-state index in [0.29, 0.717) is 22.4 Å². The average molecular weight is 496 g/mol. The Morgan fingerprint density at radius 3 is 2.32 bits per heavy atom. The molecule has 0 spiro atoms. The molecule has 0 bridgehead atoms. The molecular formula is C24H19ClFN5O2S. The molecule has 34 heavy (non-hydrogen) atoms. The molecule has 0 saturated carbocycles. The summed E-state index contributed by atoms with van der Waals surface area (Å²) in [5.41, 5.74) is 6.77. The summed E-state index contributed by atoms with van der Waals surface area (Å²) in [5, 5.41) is 9.74. The molecule has 0 aliphatic carbocycles. The van der Waals surface area contributed by atoms with E-state index in [-0.39, 0.29) is 11.3 Å². The van der Waals surface area contributed by atoms with Crippen molar-refractivity contribution >= 4 is 35.2 Å². The minimum atomic E-state index is -0.548. The van der Waals surface area contributed by atoms with Gasteiger partial charge in [-0.3, -0.25) is 25.0 Å². The van der Waals surface area contributed by atoms with Crippen molar-refractivity contribution in [1.29, 1.82) is 0 Å². The van der Waals surface area contributed by atoms with E-state index in [1.807, 2.05) is 47.0 Å². The highest BCUT2D eigenvalue weighted by Gasteiger charge is 2.17. The molecule has 0 saturated heterocycles. The van der Waals surface area contributed by atoms with Crippen molar-refractivity contribution in [3.05, 3.63) is 107 Å². The van der Waals surface area contributed by atoms with Crippen LogP contribution in [0.5, 0.6) is 0 Å². The number of carbonyl (C=O) groups is 2. The SMILES string of the molecule is O=C(CSc1nnc(Cc2ccccc2)n1-c1ccc(Cl)cc1)NNC(=O)c1ccc(F)cc1. The Morgan fingerprint density at radius 2 is 1.62 bits per heavy atom. The highest BCUT2D eigenvalue weighted by atomic mass is 35.5. The second kappa shape index (κ2) is 11.0. The second-order valence-corrected chi connectivity index (χ2v) is 8.55. The van der Waals surface area contributed by atoms with Crippen molar-refractivity contribution in [2.45, 2.75) is 11.6 Å². The number of hydrogen-bond acceptors (Lipinski definition) is 5. The summed E-state index contributed by atoms with van der Waals surface area (Å²) in [5.74, 6) is -0.737. The minimum Gasteiger partial charge on any atom is -0.274 e. The maximum atomic E-state index is 13.0. The number of carbonyl (C=O) groups excluding carboxylic acids is 2. The summed E-state index contributed by atoms with van der Waals surface area (Å²) in [6.07, 6.45) is 0.553. The van der Waals surface area contributed by atoms with Gasteiger partial charge in [-0.1, -0.05) is 53.7 Å². The topological polar surface area (TPSA) is 88.9 Å². The fourth-order valence-corrected chi connectivity index (χ4v) is 4.00. The summed E-state index contributed by atoms with van der Waals surface area (Å²) in [7, 11) is 0. The number of thioether (sulfide) groups is 1. The zero-order chi connectivity index (χ0) is 23.9. The van der Waals surface area contributed by atoms with Crippen molar-refractivity contribution in [2.24, 2.45) is 0 Å². The van der Waals surface area contributed by atoms with Crippen LogP contribution in [0.15, 0.2) is 84.0 Å². The van der Waals surface area contributed by atoms with E-state index in [0.717, 1.165) is 11.3 Å². The van der Waals surface area contributed by atoms with Crippen LogP contribution in [0.4, 0.5) is 4.39 Å². The predicted molar refractivity (Wildman–Crippen MR) is 128 cm³/mol.